The number of nitrogens with two attached hydrogens (primary N) is 1. The molecule has 0 unspecified atom stereocenters. The van der Waals surface area contributed by atoms with Crippen LogP contribution in [0, 0.1) is 5.92 Å². The third-order valence-electron chi connectivity index (χ3n) is 2.77. The summed E-state index contributed by atoms with van der Waals surface area (Å²) in [5.41, 5.74) is 6.52. The number of nitrogen functional groups attached to an aromatic ring is 1. The third kappa shape index (κ3) is 3.30. The summed E-state index contributed by atoms with van der Waals surface area (Å²) < 4.78 is 5.34. The molecule has 1 aliphatic rings. The van der Waals surface area contributed by atoms with Gasteiger partial charge in [0.2, 0.25) is 0 Å². The van der Waals surface area contributed by atoms with E-state index in [0.717, 1.165) is 53.3 Å². The van der Waals surface area contributed by atoms with Gasteiger partial charge >= 0.3 is 0 Å². The van der Waals surface area contributed by atoms with E-state index in [0.29, 0.717) is 0 Å². The Morgan fingerprint density at radius 3 is 2.88 bits per heavy atom. The number of halogens is 1. The minimum Gasteiger partial charge on any atom is -0.399 e. The highest BCUT2D eigenvalue weighted by molar-refractivity contribution is 7.99. The van der Waals surface area contributed by atoms with Gasteiger partial charge in [0.1, 0.15) is 0 Å². The van der Waals surface area contributed by atoms with Crippen LogP contribution in [0.1, 0.15) is 12.8 Å². The van der Waals surface area contributed by atoms with Crippen molar-refractivity contribution in [2.24, 2.45) is 5.92 Å². The molecule has 88 valence electrons. The summed E-state index contributed by atoms with van der Waals surface area (Å²) in [6, 6.07) is 5.65. The molecule has 2 rings (SSSR count). The molecule has 0 amide bonds. The molecule has 0 radical (unpaired) electrons. The van der Waals surface area contributed by atoms with Crippen LogP contribution < -0.4 is 5.73 Å². The minimum atomic E-state index is 0.747. The van der Waals surface area contributed by atoms with E-state index < -0.39 is 0 Å². The van der Waals surface area contributed by atoms with E-state index in [1.54, 1.807) is 11.8 Å². The number of benzene rings is 1. The first kappa shape index (κ1) is 12.1. The molecule has 2 N–H and O–H groups in total. The molecular formula is C12H16ClNOS. The van der Waals surface area contributed by atoms with Gasteiger partial charge in [0, 0.05) is 29.5 Å². The first-order chi connectivity index (χ1) is 7.75. The normalized spacial score (nSPS) is 17.6. The largest absolute Gasteiger partial charge is 0.399 e. The maximum Gasteiger partial charge on any atom is 0.0543 e. The molecule has 0 spiro atoms. The summed E-state index contributed by atoms with van der Waals surface area (Å²) in [7, 11) is 0. The summed E-state index contributed by atoms with van der Waals surface area (Å²) in [6.07, 6.45) is 2.32. The molecule has 0 bridgehead atoms. The summed E-state index contributed by atoms with van der Waals surface area (Å²) >= 11 is 7.91. The minimum absolute atomic E-state index is 0.747. The average Bonchev–Trinajstić information content (AvgIpc) is 2.32. The second-order valence-electron chi connectivity index (χ2n) is 4.06. The average molecular weight is 258 g/mol. The molecule has 0 atom stereocenters. The Hall–Kier alpha value is -0.380. The van der Waals surface area contributed by atoms with Gasteiger partial charge in [0.25, 0.3) is 0 Å². The van der Waals surface area contributed by atoms with Crippen molar-refractivity contribution in [3.63, 3.8) is 0 Å². The summed E-state index contributed by atoms with van der Waals surface area (Å²) in [4.78, 5) is 1.09. The van der Waals surface area contributed by atoms with Crippen LogP contribution in [-0.2, 0) is 4.74 Å². The SMILES string of the molecule is Nc1ccc(Cl)c(SCC2CCOCC2)c1. The smallest absolute Gasteiger partial charge is 0.0543 e. The van der Waals surface area contributed by atoms with Crippen molar-refractivity contribution in [1.29, 1.82) is 0 Å². The fourth-order valence-electron chi connectivity index (χ4n) is 1.75. The van der Waals surface area contributed by atoms with E-state index in [9.17, 15) is 0 Å². The van der Waals surface area contributed by atoms with Crippen molar-refractivity contribution in [3.05, 3.63) is 23.2 Å². The quantitative estimate of drug-likeness (QED) is 0.666. The zero-order valence-electron chi connectivity index (χ0n) is 9.12. The highest BCUT2D eigenvalue weighted by Gasteiger charge is 2.14. The molecule has 0 aliphatic carbocycles. The Labute approximate surface area is 105 Å². The van der Waals surface area contributed by atoms with Crippen molar-refractivity contribution in [1.82, 2.24) is 0 Å². The van der Waals surface area contributed by atoms with Crippen LogP contribution in [0.2, 0.25) is 5.02 Å². The molecule has 1 saturated heterocycles. The second kappa shape index (κ2) is 5.80. The van der Waals surface area contributed by atoms with Crippen molar-refractivity contribution in [2.75, 3.05) is 24.7 Å². The molecule has 2 nitrogen and oxygen atoms in total. The van der Waals surface area contributed by atoms with Crippen molar-refractivity contribution < 1.29 is 4.74 Å². The van der Waals surface area contributed by atoms with E-state index in [-0.39, 0.29) is 0 Å². The lowest BCUT2D eigenvalue weighted by atomic mass is 10.0. The zero-order valence-corrected chi connectivity index (χ0v) is 10.7. The van der Waals surface area contributed by atoms with E-state index >= 15 is 0 Å². The first-order valence-electron chi connectivity index (χ1n) is 5.51. The topological polar surface area (TPSA) is 35.2 Å². The lowest BCUT2D eigenvalue weighted by Gasteiger charge is -2.21. The lowest BCUT2D eigenvalue weighted by Crippen LogP contribution is -2.17. The van der Waals surface area contributed by atoms with Gasteiger partial charge in [-0.2, -0.15) is 0 Å². The Bertz CT molecular complexity index is 353. The molecule has 1 aromatic rings. The molecule has 16 heavy (non-hydrogen) atoms. The molecule has 0 aromatic heterocycles. The fourth-order valence-corrected chi connectivity index (χ4v) is 3.21. The number of thioether (sulfide) groups is 1. The number of ether oxygens (including phenoxy) is 1. The van der Waals surface area contributed by atoms with E-state index in [4.69, 9.17) is 22.1 Å². The van der Waals surface area contributed by atoms with Crippen LogP contribution in [0.4, 0.5) is 5.69 Å². The Morgan fingerprint density at radius 2 is 2.12 bits per heavy atom. The predicted molar refractivity (Wildman–Crippen MR) is 70.1 cm³/mol. The van der Waals surface area contributed by atoms with Gasteiger partial charge in [-0.05, 0) is 37.0 Å². The van der Waals surface area contributed by atoms with Crippen LogP contribution in [-0.4, -0.2) is 19.0 Å². The first-order valence-corrected chi connectivity index (χ1v) is 6.87. The molecule has 1 aliphatic heterocycles. The molecule has 1 aromatic carbocycles. The molecule has 1 fully saturated rings. The van der Waals surface area contributed by atoms with Gasteiger partial charge in [-0.15, -0.1) is 11.8 Å². The van der Waals surface area contributed by atoms with Gasteiger partial charge < -0.3 is 10.5 Å². The van der Waals surface area contributed by atoms with E-state index in [1.807, 2.05) is 18.2 Å². The Morgan fingerprint density at radius 1 is 1.38 bits per heavy atom. The van der Waals surface area contributed by atoms with Crippen LogP contribution in [0.5, 0.6) is 0 Å². The van der Waals surface area contributed by atoms with Gasteiger partial charge in [-0.25, -0.2) is 0 Å². The van der Waals surface area contributed by atoms with Crippen molar-refractivity contribution in [3.8, 4) is 0 Å². The maximum absolute atomic E-state index is 6.11. The maximum atomic E-state index is 6.11. The Balaban J connectivity index is 1.90. The van der Waals surface area contributed by atoms with Gasteiger partial charge in [0.15, 0.2) is 0 Å². The second-order valence-corrected chi connectivity index (χ2v) is 5.53. The van der Waals surface area contributed by atoms with Crippen LogP contribution >= 0.6 is 23.4 Å². The zero-order chi connectivity index (χ0) is 11.4. The van der Waals surface area contributed by atoms with E-state index in [2.05, 4.69) is 0 Å². The van der Waals surface area contributed by atoms with Crippen LogP contribution in [0.15, 0.2) is 23.1 Å². The molecular weight excluding hydrogens is 242 g/mol. The van der Waals surface area contributed by atoms with Crippen molar-refractivity contribution >= 4 is 29.1 Å². The van der Waals surface area contributed by atoms with Gasteiger partial charge in [-0.3, -0.25) is 0 Å². The highest BCUT2D eigenvalue weighted by Crippen LogP contribution is 2.32. The molecule has 1 heterocycles. The predicted octanol–water partition coefficient (Wildman–Crippen LogP) is 3.44. The molecule has 4 heteroatoms. The van der Waals surface area contributed by atoms with Gasteiger partial charge in [-0.1, -0.05) is 11.6 Å². The highest BCUT2D eigenvalue weighted by atomic mass is 35.5. The summed E-state index contributed by atoms with van der Waals surface area (Å²) in [5.74, 6) is 1.85. The lowest BCUT2D eigenvalue weighted by molar-refractivity contribution is 0.0728. The standard InChI is InChI=1S/C12H16ClNOS/c13-11-2-1-10(14)7-12(11)16-8-9-3-5-15-6-4-9/h1-2,7,9H,3-6,8,14H2. The molecule has 0 saturated carbocycles. The number of hydrogen-bond donors (Lipinski definition) is 1. The number of hydrogen-bond acceptors (Lipinski definition) is 3. The third-order valence-corrected chi connectivity index (χ3v) is 4.50. The number of anilines is 1. The van der Waals surface area contributed by atoms with E-state index in [1.165, 1.54) is 0 Å². The fraction of sp³-hybridized carbons (Fsp3) is 0.500. The summed E-state index contributed by atoms with van der Waals surface area (Å²) in [5, 5.41) is 0.797. The summed E-state index contributed by atoms with van der Waals surface area (Å²) in [6.45, 7) is 1.80. The van der Waals surface area contributed by atoms with Gasteiger partial charge in [0.05, 0.1) is 5.02 Å². The van der Waals surface area contributed by atoms with Crippen molar-refractivity contribution in [2.45, 2.75) is 17.7 Å². The van der Waals surface area contributed by atoms with Crippen LogP contribution in [0.3, 0.4) is 0 Å². The monoisotopic (exact) mass is 257 g/mol. The van der Waals surface area contributed by atoms with Crippen LogP contribution in [0.25, 0.3) is 0 Å². The number of rotatable bonds is 3. The Kier molecular flexibility index (Phi) is 4.38.